The van der Waals surface area contributed by atoms with E-state index in [2.05, 4.69) is 10.4 Å². The molecule has 1 aromatic carbocycles. The van der Waals surface area contributed by atoms with Crippen LogP contribution < -0.4 is 16.6 Å². The second-order valence-corrected chi connectivity index (χ2v) is 7.13. The molecule has 29 heavy (non-hydrogen) atoms. The number of rotatable bonds is 5. The van der Waals surface area contributed by atoms with Gasteiger partial charge in [0.2, 0.25) is 0 Å². The van der Waals surface area contributed by atoms with Crippen molar-refractivity contribution < 1.29 is 14.7 Å². The quantitative estimate of drug-likeness (QED) is 0.675. The van der Waals surface area contributed by atoms with E-state index in [0.717, 1.165) is 15.8 Å². The summed E-state index contributed by atoms with van der Waals surface area (Å²) in [6.07, 6.45) is 2.21. The van der Waals surface area contributed by atoms with E-state index in [4.69, 9.17) is 10.8 Å². The lowest BCUT2D eigenvalue weighted by Gasteiger charge is -2.26. The van der Waals surface area contributed by atoms with E-state index in [1.54, 1.807) is 0 Å². The minimum atomic E-state index is -0.793. The van der Waals surface area contributed by atoms with Gasteiger partial charge in [-0.15, -0.1) is 12.4 Å². The van der Waals surface area contributed by atoms with Gasteiger partial charge in [-0.3, -0.25) is 14.4 Å². The molecule has 1 saturated carbocycles. The molecule has 156 valence electrons. The summed E-state index contributed by atoms with van der Waals surface area (Å²) in [5.41, 5.74) is 7.44. The Morgan fingerprint density at radius 1 is 1.21 bits per heavy atom. The molecule has 0 saturated heterocycles. The minimum absolute atomic E-state index is 0. The molecular weight excluding hydrogens is 396 g/mol. The first-order valence-corrected chi connectivity index (χ1v) is 9.30. The molecule has 0 spiro atoms. The van der Waals surface area contributed by atoms with Gasteiger partial charge in [-0.2, -0.15) is 5.10 Å². The van der Waals surface area contributed by atoms with Gasteiger partial charge in [0.1, 0.15) is 5.56 Å². The van der Waals surface area contributed by atoms with Crippen LogP contribution in [-0.2, 0) is 18.4 Å². The number of halogens is 1. The monoisotopic (exact) mass is 420 g/mol. The molecule has 2 aromatic rings. The van der Waals surface area contributed by atoms with Gasteiger partial charge in [0, 0.05) is 25.2 Å². The number of nitrogens with two attached hydrogens (primary N) is 1. The number of carbonyl (C=O) groups is 2. The van der Waals surface area contributed by atoms with Crippen molar-refractivity contribution in [3.63, 3.8) is 0 Å². The fourth-order valence-corrected chi connectivity index (χ4v) is 3.47. The van der Waals surface area contributed by atoms with Gasteiger partial charge in [0.15, 0.2) is 0 Å². The van der Waals surface area contributed by atoms with Crippen molar-refractivity contribution in [1.82, 2.24) is 15.1 Å². The number of carbonyl (C=O) groups excluding carboxylic acids is 1. The van der Waals surface area contributed by atoms with Crippen molar-refractivity contribution in [2.75, 3.05) is 0 Å². The molecule has 1 aromatic heterocycles. The van der Waals surface area contributed by atoms with Gasteiger partial charge in [-0.25, -0.2) is 4.68 Å². The third-order valence-electron chi connectivity index (χ3n) is 5.20. The van der Waals surface area contributed by atoms with E-state index < -0.39 is 17.4 Å². The third kappa shape index (κ3) is 5.21. The van der Waals surface area contributed by atoms with Crippen molar-refractivity contribution in [3.05, 3.63) is 51.8 Å². The van der Waals surface area contributed by atoms with Crippen LogP contribution in [0.5, 0.6) is 0 Å². The summed E-state index contributed by atoms with van der Waals surface area (Å²) in [5.74, 6) is -1.61. The fraction of sp³-hybridized carbons (Fsp3) is 0.400. The molecule has 1 aliphatic rings. The SMILES string of the molecule is Cl.Cn1nc(-c2ccc(CN)cc2)cc(C(=O)NC2CCC(C(=O)O)CC2)c1=O. The molecule has 8 nitrogen and oxygen atoms in total. The highest BCUT2D eigenvalue weighted by molar-refractivity contribution is 5.95. The molecular formula is C20H25ClN4O4. The van der Waals surface area contributed by atoms with Crippen LogP contribution >= 0.6 is 12.4 Å². The predicted molar refractivity (Wildman–Crippen MR) is 111 cm³/mol. The van der Waals surface area contributed by atoms with Crippen LogP contribution in [0.25, 0.3) is 11.3 Å². The molecule has 1 fully saturated rings. The Bertz CT molecular complexity index is 934. The van der Waals surface area contributed by atoms with Gasteiger partial charge < -0.3 is 16.2 Å². The molecule has 4 N–H and O–H groups in total. The van der Waals surface area contributed by atoms with Crippen molar-refractivity contribution in [2.45, 2.75) is 38.3 Å². The topological polar surface area (TPSA) is 127 Å². The van der Waals surface area contributed by atoms with E-state index in [9.17, 15) is 14.4 Å². The first kappa shape index (κ1) is 22.6. The van der Waals surface area contributed by atoms with E-state index in [1.165, 1.54) is 13.1 Å². The van der Waals surface area contributed by atoms with E-state index in [-0.39, 0.29) is 29.9 Å². The highest BCUT2D eigenvalue weighted by Gasteiger charge is 2.27. The number of aliphatic carboxylic acids is 1. The maximum atomic E-state index is 12.7. The summed E-state index contributed by atoms with van der Waals surface area (Å²) >= 11 is 0. The average Bonchev–Trinajstić information content (AvgIpc) is 2.70. The Morgan fingerprint density at radius 2 is 1.83 bits per heavy atom. The van der Waals surface area contributed by atoms with E-state index in [0.29, 0.717) is 37.9 Å². The van der Waals surface area contributed by atoms with Gasteiger partial charge >= 0.3 is 5.97 Å². The summed E-state index contributed by atoms with van der Waals surface area (Å²) in [7, 11) is 1.51. The summed E-state index contributed by atoms with van der Waals surface area (Å²) in [6.45, 7) is 0.429. The number of carboxylic acid groups (broad SMARTS) is 1. The number of nitrogens with one attached hydrogen (secondary N) is 1. The largest absolute Gasteiger partial charge is 0.481 e. The van der Waals surface area contributed by atoms with E-state index >= 15 is 0 Å². The predicted octanol–water partition coefficient (Wildman–Crippen LogP) is 1.70. The van der Waals surface area contributed by atoms with Crippen molar-refractivity contribution in [1.29, 1.82) is 0 Å². The fourth-order valence-electron chi connectivity index (χ4n) is 3.47. The number of nitrogens with zero attached hydrogens (tertiary/aromatic N) is 2. The summed E-state index contributed by atoms with van der Waals surface area (Å²) in [5, 5.41) is 16.2. The lowest BCUT2D eigenvalue weighted by atomic mass is 9.86. The van der Waals surface area contributed by atoms with Crippen LogP contribution in [0.15, 0.2) is 35.1 Å². The maximum Gasteiger partial charge on any atom is 0.306 e. The molecule has 9 heteroatoms. The Hall–Kier alpha value is -2.71. The normalized spacial score (nSPS) is 18.6. The number of benzene rings is 1. The lowest BCUT2D eigenvalue weighted by Crippen LogP contribution is -2.41. The summed E-state index contributed by atoms with van der Waals surface area (Å²) in [4.78, 5) is 36.2. The number of amides is 1. The number of carboxylic acids is 1. The molecule has 0 atom stereocenters. The number of hydrogen-bond donors (Lipinski definition) is 3. The first-order chi connectivity index (χ1) is 13.4. The zero-order chi connectivity index (χ0) is 20.3. The Balaban J connectivity index is 0.00000300. The van der Waals surface area contributed by atoms with Crippen LogP contribution in [0.4, 0.5) is 0 Å². The van der Waals surface area contributed by atoms with Crippen molar-refractivity contribution >= 4 is 24.3 Å². The van der Waals surface area contributed by atoms with Crippen LogP contribution in [0.3, 0.4) is 0 Å². The number of aryl methyl sites for hydroxylation is 1. The van der Waals surface area contributed by atoms with Gasteiger partial charge in [0.05, 0.1) is 11.6 Å². The second-order valence-electron chi connectivity index (χ2n) is 7.13. The smallest absolute Gasteiger partial charge is 0.306 e. The Morgan fingerprint density at radius 3 is 2.38 bits per heavy atom. The van der Waals surface area contributed by atoms with Gasteiger partial charge in [0.25, 0.3) is 11.5 Å². The summed E-state index contributed by atoms with van der Waals surface area (Å²) < 4.78 is 1.16. The van der Waals surface area contributed by atoms with Crippen molar-refractivity contribution in [2.24, 2.45) is 18.7 Å². The van der Waals surface area contributed by atoms with Crippen LogP contribution in [-0.4, -0.2) is 32.8 Å². The van der Waals surface area contributed by atoms with Crippen LogP contribution in [0.1, 0.15) is 41.6 Å². The van der Waals surface area contributed by atoms with Crippen molar-refractivity contribution in [3.8, 4) is 11.3 Å². The maximum absolute atomic E-state index is 12.7. The molecule has 1 heterocycles. The van der Waals surface area contributed by atoms with Gasteiger partial charge in [-0.1, -0.05) is 24.3 Å². The Labute approximate surface area is 174 Å². The zero-order valence-electron chi connectivity index (χ0n) is 16.1. The molecule has 0 aliphatic heterocycles. The highest BCUT2D eigenvalue weighted by atomic mass is 35.5. The van der Waals surface area contributed by atoms with Gasteiger partial charge in [-0.05, 0) is 37.3 Å². The van der Waals surface area contributed by atoms with Crippen LogP contribution in [0.2, 0.25) is 0 Å². The first-order valence-electron chi connectivity index (χ1n) is 9.30. The standard InChI is InChI=1S/C20H24N4O4.ClH/c1-24-19(26)16(10-17(23-24)13-4-2-12(11-21)3-5-13)18(25)22-15-8-6-14(7-9-15)20(27)28;/h2-5,10,14-15H,6-9,11,21H2,1H3,(H,22,25)(H,27,28);1H. The highest BCUT2D eigenvalue weighted by Crippen LogP contribution is 2.24. The lowest BCUT2D eigenvalue weighted by molar-refractivity contribution is -0.142. The Kier molecular flexibility index (Phi) is 7.53. The minimum Gasteiger partial charge on any atom is -0.481 e. The third-order valence-corrected chi connectivity index (χ3v) is 5.20. The molecule has 0 radical (unpaired) electrons. The number of hydrogen-bond acceptors (Lipinski definition) is 5. The zero-order valence-corrected chi connectivity index (χ0v) is 16.9. The molecule has 1 amide bonds. The molecule has 3 rings (SSSR count). The average molecular weight is 421 g/mol. The van der Waals surface area contributed by atoms with Crippen LogP contribution in [0, 0.1) is 5.92 Å². The molecule has 0 unspecified atom stereocenters. The molecule has 0 bridgehead atoms. The number of aromatic nitrogens is 2. The van der Waals surface area contributed by atoms with E-state index in [1.807, 2.05) is 24.3 Å². The summed E-state index contributed by atoms with van der Waals surface area (Å²) in [6, 6.07) is 8.82. The molecule has 1 aliphatic carbocycles. The second kappa shape index (κ2) is 9.67.